The number of ketones is 1. The molecule has 1 aromatic rings. The van der Waals surface area contributed by atoms with Crippen LogP contribution in [0.15, 0.2) is 10.9 Å². The van der Waals surface area contributed by atoms with Crippen molar-refractivity contribution in [3.8, 4) is 0 Å². The molecule has 0 radical (unpaired) electrons. The third-order valence-electron chi connectivity index (χ3n) is 2.87. The molecule has 0 amide bonds. The van der Waals surface area contributed by atoms with Crippen LogP contribution < -0.4 is 0 Å². The molecule has 0 saturated heterocycles. The van der Waals surface area contributed by atoms with Gasteiger partial charge in [-0.15, -0.1) is 11.3 Å². The lowest BCUT2D eigenvalue weighted by Gasteiger charge is -2.10. The fourth-order valence-corrected chi connectivity index (χ4v) is 2.61. The van der Waals surface area contributed by atoms with Gasteiger partial charge in [0.15, 0.2) is 0 Å². The van der Waals surface area contributed by atoms with Crippen molar-refractivity contribution in [2.45, 2.75) is 38.5 Å². The maximum absolute atomic E-state index is 11.7. The number of carbonyl (C=O) groups excluding carboxylic acids is 1. The van der Waals surface area contributed by atoms with Gasteiger partial charge in [-0.25, -0.2) is 4.98 Å². The summed E-state index contributed by atoms with van der Waals surface area (Å²) < 4.78 is 0. The molecule has 2 nitrogen and oxygen atoms in total. The molecule has 0 N–H and O–H groups in total. The zero-order valence-corrected chi connectivity index (χ0v) is 9.05. The van der Waals surface area contributed by atoms with Gasteiger partial charge in [-0.2, -0.15) is 0 Å². The molecule has 1 heterocycles. The molecule has 1 aliphatic rings. The summed E-state index contributed by atoms with van der Waals surface area (Å²) >= 11 is 1.61. The lowest BCUT2D eigenvalue weighted by atomic mass is 9.94. The highest BCUT2D eigenvalue weighted by Gasteiger charge is 2.21. The van der Waals surface area contributed by atoms with Gasteiger partial charge >= 0.3 is 0 Å². The maximum Gasteiger partial charge on any atom is 0.136 e. The average molecular weight is 209 g/mol. The second kappa shape index (κ2) is 4.69. The van der Waals surface area contributed by atoms with Crippen molar-refractivity contribution in [1.29, 1.82) is 0 Å². The van der Waals surface area contributed by atoms with Crippen LogP contribution in [0.25, 0.3) is 0 Å². The molecule has 1 unspecified atom stereocenters. The first kappa shape index (κ1) is 9.84. The Balaban J connectivity index is 1.98. The Bertz CT molecular complexity index is 294. The van der Waals surface area contributed by atoms with Gasteiger partial charge in [-0.05, 0) is 12.8 Å². The lowest BCUT2D eigenvalue weighted by molar-refractivity contribution is -0.122. The van der Waals surface area contributed by atoms with E-state index in [2.05, 4.69) is 10.4 Å². The van der Waals surface area contributed by atoms with E-state index in [0.717, 1.165) is 31.4 Å². The van der Waals surface area contributed by atoms with Gasteiger partial charge in [0.05, 0.1) is 11.2 Å². The summed E-state index contributed by atoms with van der Waals surface area (Å²) in [5, 5.41) is 2.05. The minimum absolute atomic E-state index is 0.250. The topological polar surface area (TPSA) is 30.0 Å². The Hall–Kier alpha value is -0.700. The highest BCUT2D eigenvalue weighted by molar-refractivity contribution is 7.07. The molecule has 76 valence electrons. The third kappa shape index (κ3) is 2.41. The summed E-state index contributed by atoms with van der Waals surface area (Å²) in [6.45, 7) is 0. The van der Waals surface area contributed by atoms with E-state index >= 15 is 0 Å². The monoisotopic (exact) mass is 209 g/mol. The number of nitrogens with zero attached hydrogens (tertiary/aromatic N) is 1. The van der Waals surface area contributed by atoms with Gasteiger partial charge in [-0.3, -0.25) is 4.79 Å². The fourth-order valence-electron chi connectivity index (χ4n) is 2.04. The molecular formula is C11H15NOS. The lowest BCUT2D eigenvalue weighted by Crippen LogP contribution is -2.15. The van der Waals surface area contributed by atoms with Gasteiger partial charge in [0.2, 0.25) is 0 Å². The SMILES string of the molecule is O=C1CCCCCC1Cc1cscn1. The Morgan fingerprint density at radius 1 is 1.43 bits per heavy atom. The third-order valence-corrected chi connectivity index (χ3v) is 3.51. The van der Waals surface area contributed by atoms with Crippen LogP contribution in [0.2, 0.25) is 0 Å². The number of carbonyl (C=O) groups is 1. The van der Waals surface area contributed by atoms with E-state index in [1.807, 2.05) is 5.51 Å². The largest absolute Gasteiger partial charge is 0.299 e. The van der Waals surface area contributed by atoms with Crippen molar-refractivity contribution in [1.82, 2.24) is 4.98 Å². The first-order valence-electron chi connectivity index (χ1n) is 5.26. The van der Waals surface area contributed by atoms with Gasteiger partial charge in [0.1, 0.15) is 5.78 Å². The van der Waals surface area contributed by atoms with E-state index in [1.165, 1.54) is 12.8 Å². The normalized spacial score (nSPS) is 23.4. The molecule has 2 rings (SSSR count). The second-order valence-electron chi connectivity index (χ2n) is 3.95. The van der Waals surface area contributed by atoms with E-state index in [9.17, 15) is 4.79 Å². The van der Waals surface area contributed by atoms with E-state index in [4.69, 9.17) is 0 Å². The van der Waals surface area contributed by atoms with Crippen LogP contribution in [-0.2, 0) is 11.2 Å². The second-order valence-corrected chi connectivity index (χ2v) is 4.67. The number of hydrogen-bond acceptors (Lipinski definition) is 3. The molecule has 1 saturated carbocycles. The predicted molar refractivity (Wildman–Crippen MR) is 57.4 cm³/mol. The molecule has 0 spiro atoms. The highest BCUT2D eigenvalue weighted by atomic mass is 32.1. The molecule has 1 aliphatic carbocycles. The number of rotatable bonds is 2. The van der Waals surface area contributed by atoms with Crippen molar-refractivity contribution >= 4 is 17.1 Å². The highest BCUT2D eigenvalue weighted by Crippen LogP contribution is 2.23. The number of thiazole rings is 1. The quantitative estimate of drug-likeness (QED) is 0.701. The maximum atomic E-state index is 11.7. The summed E-state index contributed by atoms with van der Waals surface area (Å²) in [5.41, 5.74) is 2.94. The van der Waals surface area contributed by atoms with Gasteiger partial charge in [0.25, 0.3) is 0 Å². The minimum Gasteiger partial charge on any atom is -0.299 e. The fraction of sp³-hybridized carbons (Fsp3) is 0.636. The van der Waals surface area contributed by atoms with Crippen LogP contribution in [0.1, 0.15) is 37.8 Å². The van der Waals surface area contributed by atoms with Crippen LogP contribution in [0.5, 0.6) is 0 Å². The zero-order chi connectivity index (χ0) is 9.80. The van der Waals surface area contributed by atoms with Crippen molar-refractivity contribution in [2.75, 3.05) is 0 Å². The Labute approximate surface area is 88.4 Å². The average Bonchev–Trinajstić information content (AvgIpc) is 2.60. The van der Waals surface area contributed by atoms with Crippen molar-refractivity contribution in [3.63, 3.8) is 0 Å². The molecular weight excluding hydrogens is 194 g/mol. The van der Waals surface area contributed by atoms with Crippen molar-refractivity contribution in [3.05, 3.63) is 16.6 Å². The van der Waals surface area contributed by atoms with E-state index in [0.29, 0.717) is 5.78 Å². The van der Waals surface area contributed by atoms with Crippen molar-refractivity contribution < 1.29 is 4.79 Å². The molecule has 0 aromatic carbocycles. The van der Waals surface area contributed by atoms with E-state index in [1.54, 1.807) is 11.3 Å². The van der Waals surface area contributed by atoms with Crippen LogP contribution in [0, 0.1) is 5.92 Å². The summed E-state index contributed by atoms with van der Waals surface area (Å²) in [6.07, 6.45) is 6.24. The molecule has 0 bridgehead atoms. The Kier molecular flexibility index (Phi) is 3.30. The van der Waals surface area contributed by atoms with Gasteiger partial charge in [0, 0.05) is 24.1 Å². The van der Waals surface area contributed by atoms with Crippen LogP contribution >= 0.6 is 11.3 Å². The predicted octanol–water partition coefficient (Wildman–Crippen LogP) is 2.84. The summed E-state index contributed by atoms with van der Waals surface area (Å²) in [5.74, 6) is 0.704. The van der Waals surface area contributed by atoms with Gasteiger partial charge in [-0.1, -0.05) is 12.8 Å². The van der Waals surface area contributed by atoms with Crippen LogP contribution in [0.3, 0.4) is 0 Å². The molecule has 1 atom stereocenters. The smallest absolute Gasteiger partial charge is 0.136 e. The van der Waals surface area contributed by atoms with Crippen LogP contribution in [-0.4, -0.2) is 10.8 Å². The Morgan fingerprint density at radius 3 is 3.14 bits per heavy atom. The zero-order valence-electron chi connectivity index (χ0n) is 8.24. The minimum atomic E-state index is 0.250. The molecule has 1 aromatic heterocycles. The summed E-state index contributed by atoms with van der Waals surface area (Å²) in [7, 11) is 0. The molecule has 14 heavy (non-hydrogen) atoms. The van der Waals surface area contributed by atoms with Crippen LogP contribution in [0.4, 0.5) is 0 Å². The van der Waals surface area contributed by atoms with Crippen molar-refractivity contribution in [2.24, 2.45) is 5.92 Å². The summed E-state index contributed by atoms with van der Waals surface area (Å²) in [4.78, 5) is 16.0. The van der Waals surface area contributed by atoms with Gasteiger partial charge < -0.3 is 0 Å². The summed E-state index contributed by atoms with van der Waals surface area (Å²) in [6, 6.07) is 0. The first-order valence-corrected chi connectivity index (χ1v) is 6.20. The molecule has 3 heteroatoms. The van der Waals surface area contributed by atoms with E-state index < -0.39 is 0 Å². The number of aromatic nitrogens is 1. The molecule has 0 aliphatic heterocycles. The number of Topliss-reactive ketones (excluding diaryl/α,β-unsaturated/α-hetero) is 1. The van der Waals surface area contributed by atoms with E-state index in [-0.39, 0.29) is 5.92 Å². The number of hydrogen-bond donors (Lipinski definition) is 0. The molecule has 1 fully saturated rings. The standard InChI is InChI=1S/C11H15NOS/c13-11-5-3-1-2-4-9(11)6-10-7-14-8-12-10/h7-9H,1-6H2. The first-order chi connectivity index (χ1) is 6.86. The Morgan fingerprint density at radius 2 is 2.36 bits per heavy atom.